The maximum Gasteiger partial charge on any atom is 0.405 e. The average Bonchev–Trinajstić information content (AvgIpc) is 2.23. The summed E-state index contributed by atoms with van der Waals surface area (Å²) in [4.78, 5) is 14.2. The summed E-state index contributed by atoms with van der Waals surface area (Å²) in [5.74, 6) is -0.632. The maximum absolute atomic E-state index is 13.2. The predicted molar refractivity (Wildman–Crippen MR) is 56.9 cm³/mol. The second kappa shape index (κ2) is 4.57. The van der Waals surface area contributed by atoms with Crippen LogP contribution in [0.25, 0.3) is 0 Å². The molecule has 1 aromatic rings. The zero-order chi connectivity index (χ0) is 12.3. The molecule has 0 aliphatic heterocycles. The summed E-state index contributed by atoms with van der Waals surface area (Å²) >= 11 is 0. The molecule has 2 rings (SSSR count). The summed E-state index contributed by atoms with van der Waals surface area (Å²) in [6.45, 7) is 0.0958. The third-order valence-electron chi connectivity index (χ3n) is 2.80. The molecule has 2 N–H and O–H groups in total. The molecule has 1 aliphatic rings. The fourth-order valence-corrected chi connectivity index (χ4v) is 1.75. The molecular weight excluding hydrogens is 227 g/mol. The summed E-state index contributed by atoms with van der Waals surface area (Å²) in [6, 6.07) is 3.04. The number of amides is 1. The normalized spacial score (nSPS) is 17.0. The van der Waals surface area contributed by atoms with Gasteiger partial charge in [0.25, 0.3) is 5.95 Å². The van der Waals surface area contributed by atoms with Crippen LogP contribution in [0.3, 0.4) is 0 Å². The highest BCUT2D eigenvalue weighted by atomic mass is 19.1. The Morgan fingerprint density at radius 2 is 2.35 bits per heavy atom. The third kappa shape index (κ3) is 2.64. The number of pyridine rings is 1. The summed E-state index contributed by atoms with van der Waals surface area (Å²) in [5.41, 5.74) is 4.28. The second-order valence-corrected chi connectivity index (χ2v) is 4.04. The molecule has 0 spiro atoms. The zero-order valence-electron chi connectivity index (χ0n) is 9.19. The number of carbonyl (C=O) groups is 1. The SMILES string of the molecule is NC(=O)OC1(COc2cccnc2F)CCC1. The molecule has 0 saturated heterocycles. The lowest BCUT2D eigenvalue weighted by molar-refractivity contribution is -0.0731. The van der Waals surface area contributed by atoms with E-state index in [-0.39, 0.29) is 12.4 Å². The molecule has 0 atom stereocenters. The lowest BCUT2D eigenvalue weighted by Gasteiger charge is -2.39. The van der Waals surface area contributed by atoms with Gasteiger partial charge in [0.15, 0.2) is 5.75 Å². The summed E-state index contributed by atoms with van der Waals surface area (Å²) in [6.07, 6.45) is 2.79. The Balaban J connectivity index is 1.97. The summed E-state index contributed by atoms with van der Waals surface area (Å²) in [7, 11) is 0. The monoisotopic (exact) mass is 240 g/mol. The van der Waals surface area contributed by atoms with Crippen LogP contribution in [0.2, 0.25) is 0 Å². The Morgan fingerprint density at radius 1 is 1.59 bits per heavy atom. The van der Waals surface area contributed by atoms with Crippen molar-refractivity contribution in [2.75, 3.05) is 6.61 Å². The highest BCUT2D eigenvalue weighted by Gasteiger charge is 2.41. The largest absolute Gasteiger partial charge is 0.485 e. The molecule has 0 unspecified atom stereocenters. The highest BCUT2D eigenvalue weighted by Crippen LogP contribution is 2.36. The van der Waals surface area contributed by atoms with E-state index in [9.17, 15) is 9.18 Å². The van der Waals surface area contributed by atoms with Gasteiger partial charge in [0.05, 0.1) is 0 Å². The first-order chi connectivity index (χ1) is 8.11. The highest BCUT2D eigenvalue weighted by molar-refractivity contribution is 5.65. The fourth-order valence-electron chi connectivity index (χ4n) is 1.75. The van der Waals surface area contributed by atoms with E-state index >= 15 is 0 Å². The van der Waals surface area contributed by atoms with Crippen molar-refractivity contribution in [2.45, 2.75) is 24.9 Å². The van der Waals surface area contributed by atoms with Crippen LogP contribution >= 0.6 is 0 Å². The number of hydrogen-bond acceptors (Lipinski definition) is 4. The fraction of sp³-hybridized carbons (Fsp3) is 0.455. The molecule has 1 fully saturated rings. The number of aromatic nitrogens is 1. The number of primary amides is 1. The van der Waals surface area contributed by atoms with Crippen molar-refractivity contribution in [1.29, 1.82) is 0 Å². The number of ether oxygens (including phenoxy) is 2. The minimum atomic E-state index is -0.833. The van der Waals surface area contributed by atoms with Crippen LogP contribution in [-0.2, 0) is 4.74 Å². The number of nitrogens with two attached hydrogens (primary N) is 1. The van der Waals surface area contributed by atoms with Gasteiger partial charge in [-0.05, 0) is 31.4 Å². The first-order valence-corrected chi connectivity index (χ1v) is 5.33. The maximum atomic E-state index is 13.2. The first-order valence-electron chi connectivity index (χ1n) is 5.33. The Morgan fingerprint density at radius 3 is 2.88 bits per heavy atom. The van der Waals surface area contributed by atoms with Crippen LogP contribution in [-0.4, -0.2) is 23.3 Å². The van der Waals surface area contributed by atoms with Gasteiger partial charge in [-0.1, -0.05) is 0 Å². The summed E-state index contributed by atoms with van der Waals surface area (Å²) in [5, 5.41) is 0. The van der Waals surface area contributed by atoms with Crippen molar-refractivity contribution in [1.82, 2.24) is 4.98 Å². The van der Waals surface area contributed by atoms with Crippen LogP contribution < -0.4 is 10.5 Å². The van der Waals surface area contributed by atoms with Crippen molar-refractivity contribution in [3.05, 3.63) is 24.3 Å². The van der Waals surface area contributed by atoms with E-state index < -0.39 is 17.6 Å². The lowest BCUT2D eigenvalue weighted by atomic mass is 9.81. The van der Waals surface area contributed by atoms with Crippen LogP contribution in [0.5, 0.6) is 5.75 Å². The molecule has 0 aromatic carbocycles. The number of nitrogens with zero attached hydrogens (tertiary/aromatic N) is 1. The summed E-state index contributed by atoms with van der Waals surface area (Å²) < 4.78 is 23.5. The lowest BCUT2D eigenvalue weighted by Crippen LogP contribution is -2.48. The first kappa shape index (κ1) is 11.6. The minimum absolute atomic E-state index is 0.0480. The molecule has 1 aliphatic carbocycles. The average molecular weight is 240 g/mol. The molecule has 17 heavy (non-hydrogen) atoms. The van der Waals surface area contributed by atoms with E-state index in [4.69, 9.17) is 15.2 Å². The molecule has 6 heteroatoms. The van der Waals surface area contributed by atoms with Gasteiger partial charge in [0.1, 0.15) is 12.2 Å². The van der Waals surface area contributed by atoms with Gasteiger partial charge in [0, 0.05) is 6.20 Å². The predicted octanol–water partition coefficient (Wildman–Crippen LogP) is 1.62. The Bertz CT molecular complexity index is 421. The van der Waals surface area contributed by atoms with Crippen molar-refractivity contribution < 1.29 is 18.7 Å². The molecular formula is C11H13FN2O3. The van der Waals surface area contributed by atoms with Crippen LogP contribution in [0.4, 0.5) is 9.18 Å². The van der Waals surface area contributed by atoms with E-state index in [2.05, 4.69) is 4.98 Å². The van der Waals surface area contributed by atoms with E-state index in [0.717, 1.165) is 6.42 Å². The van der Waals surface area contributed by atoms with Gasteiger partial charge >= 0.3 is 6.09 Å². The van der Waals surface area contributed by atoms with Crippen LogP contribution in [0, 0.1) is 5.95 Å². The van der Waals surface area contributed by atoms with E-state index in [1.165, 1.54) is 12.3 Å². The van der Waals surface area contributed by atoms with Crippen LogP contribution in [0.15, 0.2) is 18.3 Å². The van der Waals surface area contributed by atoms with Crippen molar-refractivity contribution >= 4 is 6.09 Å². The zero-order valence-corrected chi connectivity index (χ0v) is 9.19. The minimum Gasteiger partial charge on any atom is -0.485 e. The van der Waals surface area contributed by atoms with E-state index in [1.54, 1.807) is 6.07 Å². The Hall–Kier alpha value is -1.85. The number of rotatable bonds is 4. The van der Waals surface area contributed by atoms with Gasteiger partial charge in [-0.3, -0.25) is 0 Å². The third-order valence-corrected chi connectivity index (χ3v) is 2.80. The number of hydrogen-bond donors (Lipinski definition) is 1. The smallest absolute Gasteiger partial charge is 0.405 e. The molecule has 0 bridgehead atoms. The number of halogens is 1. The van der Waals surface area contributed by atoms with Gasteiger partial charge < -0.3 is 15.2 Å². The van der Waals surface area contributed by atoms with Gasteiger partial charge in [-0.25, -0.2) is 9.78 Å². The Labute approximate surface area is 97.7 Å². The molecule has 0 radical (unpaired) electrons. The van der Waals surface area contributed by atoms with Gasteiger partial charge in [-0.15, -0.1) is 0 Å². The van der Waals surface area contributed by atoms with Crippen molar-refractivity contribution in [2.24, 2.45) is 5.73 Å². The Kier molecular flexibility index (Phi) is 3.12. The van der Waals surface area contributed by atoms with Crippen molar-refractivity contribution in [3.8, 4) is 5.75 Å². The molecule has 1 aromatic heterocycles. The van der Waals surface area contributed by atoms with Gasteiger partial charge in [-0.2, -0.15) is 4.39 Å². The van der Waals surface area contributed by atoms with Gasteiger partial charge in [0.2, 0.25) is 0 Å². The topological polar surface area (TPSA) is 74.4 Å². The van der Waals surface area contributed by atoms with Crippen molar-refractivity contribution in [3.63, 3.8) is 0 Å². The second-order valence-electron chi connectivity index (χ2n) is 4.04. The molecule has 5 nitrogen and oxygen atoms in total. The van der Waals surface area contributed by atoms with E-state index in [0.29, 0.717) is 12.8 Å². The number of carbonyl (C=O) groups excluding carboxylic acids is 1. The molecule has 92 valence electrons. The quantitative estimate of drug-likeness (QED) is 0.811. The molecule has 1 heterocycles. The molecule has 1 saturated carbocycles. The molecule has 1 amide bonds. The van der Waals surface area contributed by atoms with Crippen LogP contribution in [0.1, 0.15) is 19.3 Å². The van der Waals surface area contributed by atoms with E-state index in [1.807, 2.05) is 0 Å². The standard InChI is InChI=1S/C11H13FN2O3/c12-9-8(3-1-6-14-9)16-7-11(4-2-5-11)17-10(13)15/h1,3,6H,2,4-5,7H2,(H2,13,15).